The molecule has 0 saturated carbocycles. The van der Waals surface area contributed by atoms with Crippen molar-refractivity contribution in [3.63, 3.8) is 0 Å². The fourth-order valence-electron chi connectivity index (χ4n) is 1.27. The summed E-state index contributed by atoms with van der Waals surface area (Å²) in [5.74, 6) is 2.38. The maximum atomic E-state index is 5.40. The summed E-state index contributed by atoms with van der Waals surface area (Å²) < 4.78 is 0. The molecule has 0 fully saturated rings. The van der Waals surface area contributed by atoms with Crippen LogP contribution in [-0.4, -0.2) is 28.0 Å². The largest absolute Gasteiger partial charge is 0.369 e. The second-order valence-corrected chi connectivity index (χ2v) is 3.21. The Balaban J connectivity index is 2.04. The van der Waals surface area contributed by atoms with Crippen molar-refractivity contribution in [2.24, 2.45) is 5.73 Å². The Bertz CT molecular complexity index is 425. The summed E-state index contributed by atoms with van der Waals surface area (Å²) in [5, 5.41) is 6.21. The quantitative estimate of drug-likeness (QED) is 0.599. The number of anilines is 3. The zero-order chi connectivity index (χ0) is 11.2. The first-order chi connectivity index (χ1) is 7.88. The molecule has 0 aromatic carbocycles. The van der Waals surface area contributed by atoms with Crippen molar-refractivity contribution >= 4 is 17.5 Å². The van der Waals surface area contributed by atoms with Crippen LogP contribution in [0.25, 0.3) is 0 Å². The standard InChI is InChI=1S/C10H14N6/c11-3-5-13-9-6-10(15-7-14-9)16-8-2-1-4-12-8/h1-2,4,6-7,12H,3,5,11H2,(H2,13,14,15,16). The molecule has 0 radical (unpaired) electrons. The summed E-state index contributed by atoms with van der Waals surface area (Å²) in [5.41, 5.74) is 5.40. The highest BCUT2D eigenvalue weighted by Gasteiger charge is 1.98. The number of hydrogen-bond acceptors (Lipinski definition) is 5. The van der Waals surface area contributed by atoms with Gasteiger partial charge in [0.25, 0.3) is 0 Å². The fraction of sp³-hybridized carbons (Fsp3) is 0.200. The van der Waals surface area contributed by atoms with Gasteiger partial charge in [-0.1, -0.05) is 0 Å². The van der Waals surface area contributed by atoms with Crippen molar-refractivity contribution in [1.82, 2.24) is 15.0 Å². The molecule has 6 heteroatoms. The molecule has 6 nitrogen and oxygen atoms in total. The van der Waals surface area contributed by atoms with E-state index in [2.05, 4.69) is 25.6 Å². The molecule has 0 saturated heterocycles. The van der Waals surface area contributed by atoms with Gasteiger partial charge >= 0.3 is 0 Å². The van der Waals surface area contributed by atoms with Gasteiger partial charge in [-0.3, -0.25) is 0 Å². The van der Waals surface area contributed by atoms with E-state index in [-0.39, 0.29) is 0 Å². The Labute approximate surface area is 93.3 Å². The van der Waals surface area contributed by atoms with Crippen LogP contribution in [0.2, 0.25) is 0 Å². The Morgan fingerprint density at radius 2 is 2.19 bits per heavy atom. The van der Waals surface area contributed by atoms with Crippen molar-refractivity contribution < 1.29 is 0 Å². The summed E-state index contributed by atoms with van der Waals surface area (Å²) in [6, 6.07) is 5.67. The van der Waals surface area contributed by atoms with Crippen molar-refractivity contribution in [2.75, 3.05) is 23.7 Å². The number of aromatic amines is 1. The number of rotatable bonds is 5. The van der Waals surface area contributed by atoms with Crippen LogP contribution in [-0.2, 0) is 0 Å². The summed E-state index contributed by atoms with van der Waals surface area (Å²) >= 11 is 0. The van der Waals surface area contributed by atoms with E-state index in [4.69, 9.17) is 5.73 Å². The first kappa shape index (κ1) is 10.4. The number of nitrogens with zero attached hydrogens (tertiary/aromatic N) is 2. The highest BCUT2D eigenvalue weighted by Crippen LogP contribution is 2.13. The van der Waals surface area contributed by atoms with Crippen molar-refractivity contribution in [3.05, 3.63) is 30.7 Å². The van der Waals surface area contributed by atoms with Gasteiger partial charge in [-0.2, -0.15) is 0 Å². The molecule has 2 heterocycles. The number of aromatic nitrogens is 3. The fourth-order valence-corrected chi connectivity index (χ4v) is 1.27. The maximum Gasteiger partial charge on any atom is 0.136 e. The number of nitrogens with two attached hydrogens (primary N) is 1. The lowest BCUT2D eigenvalue weighted by molar-refractivity contribution is 1.00. The second-order valence-electron chi connectivity index (χ2n) is 3.21. The maximum absolute atomic E-state index is 5.40. The third kappa shape index (κ3) is 2.71. The van der Waals surface area contributed by atoms with Gasteiger partial charge in [-0.15, -0.1) is 0 Å². The van der Waals surface area contributed by atoms with Gasteiger partial charge in [0.15, 0.2) is 0 Å². The van der Waals surface area contributed by atoms with Gasteiger partial charge in [-0.25, -0.2) is 9.97 Å². The minimum absolute atomic E-state index is 0.573. The van der Waals surface area contributed by atoms with Crippen LogP contribution in [0.3, 0.4) is 0 Å². The van der Waals surface area contributed by atoms with E-state index in [1.54, 1.807) is 0 Å². The van der Waals surface area contributed by atoms with Crippen molar-refractivity contribution in [3.8, 4) is 0 Å². The molecular formula is C10H14N6. The highest BCUT2D eigenvalue weighted by atomic mass is 15.1. The lowest BCUT2D eigenvalue weighted by Crippen LogP contribution is -2.14. The normalized spacial score (nSPS) is 10.1. The average molecular weight is 218 g/mol. The molecule has 16 heavy (non-hydrogen) atoms. The molecule has 0 aliphatic heterocycles. The summed E-state index contributed by atoms with van der Waals surface area (Å²) in [7, 11) is 0. The van der Waals surface area contributed by atoms with Crippen molar-refractivity contribution in [2.45, 2.75) is 0 Å². The molecule has 2 rings (SSSR count). The molecule has 0 aliphatic rings. The van der Waals surface area contributed by atoms with E-state index in [9.17, 15) is 0 Å². The molecule has 0 atom stereocenters. The van der Waals surface area contributed by atoms with Gasteiger partial charge in [0.1, 0.15) is 23.8 Å². The van der Waals surface area contributed by atoms with Gasteiger partial charge in [-0.05, 0) is 12.1 Å². The Kier molecular flexibility index (Phi) is 3.35. The van der Waals surface area contributed by atoms with Crippen LogP contribution < -0.4 is 16.4 Å². The predicted molar refractivity (Wildman–Crippen MR) is 63.7 cm³/mol. The minimum Gasteiger partial charge on any atom is -0.369 e. The number of hydrogen-bond donors (Lipinski definition) is 4. The molecule has 84 valence electrons. The topological polar surface area (TPSA) is 91.7 Å². The third-order valence-corrected chi connectivity index (χ3v) is 1.98. The summed E-state index contributed by atoms with van der Waals surface area (Å²) in [6.45, 7) is 1.27. The number of H-pyrrole nitrogens is 1. The molecule has 0 spiro atoms. The van der Waals surface area contributed by atoms with E-state index in [1.807, 2.05) is 24.4 Å². The second kappa shape index (κ2) is 5.13. The minimum atomic E-state index is 0.573. The molecule has 2 aromatic rings. The SMILES string of the molecule is NCCNc1cc(Nc2ccc[nH]2)ncn1. The third-order valence-electron chi connectivity index (χ3n) is 1.98. The Morgan fingerprint density at radius 3 is 2.94 bits per heavy atom. The van der Waals surface area contributed by atoms with Crippen LogP contribution in [0.1, 0.15) is 0 Å². The van der Waals surface area contributed by atoms with E-state index >= 15 is 0 Å². The highest BCUT2D eigenvalue weighted by molar-refractivity contribution is 5.55. The van der Waals surface area contributed by atoms with Crippen molar-refractivity contribution in [1.29, 1.82) is 0 Å². The Morgan fingerprint density at radius 1 is 1.31 bits per heavy atom. The monoisotopic (exact) mass is 218 g/mol. The van der Waals surface area contributed by atoms with Gasteiger partial charge in [0.2, 0.25) is 0 Å². The van der Waals surface area contributed by atoms with Gasteiger partial charge in [0.05, 0.1) is 0 Å². The lowest BCUT2D eigenvalue weighted by atomic mass is 10.5. The molecule has 2 aromatic heterocycles. The number of nitrogens with one attached hydrogen (secondary N) is 3. The summed E-state index contributed by atoms with van der Waals surface area (Å²) in [6.07, 6.45) is 3.35. The van der Waals surface area contributed by atoms with Crippen LogP contribution in [0.15, 0.2) is 30.7 Å². The van der Waals surface area contributed by atoms with E-state index in [0.717, 1.165) is 17.5 Å². The predicted octanol–water partition coefficient (Wildman–Crippen LogP) is 0.919. The first-order valence-corrected chi connectivity index (χ1v) is 5.05. The molecule has 0 unspecified atom stereocenters. The van der Waals surface area contributed by atoms with Crippen LogP contribution >= 0.6 is 0 Å². The average Bonchev–Trinajstić information content (AvgIpc) is 2.80. The van der Waals surface area contributed by atoms with Gasteiger partial charge in [0, 0.05) is 25.4 Å². The van der Waals surface area contributed by atoms with Crippen LogP contribution in [0.5, 0.6) is 0 Å². The molecule has 0 aliphatic carbocycles. The first-order valence-electron chi connectivity index (χ1n) is 5.05. The zero-order valence-electron chi connectivity index (χ0n) is 8.77. The lowest BCUT2D eigenvalue weighted by Gasteiger charge is -2.06. The summed E-state index contributed by atoms with van der Waals surface area (Å²) in [4.78, 5) is 11.2. The molecule has 0 amide bonds. The molecular weight excluding hydrogens is 204 g/mol. The van der Waals surface area contributed by atoms with E-state index in [0.29, 0.717) is 13.1 Å². The van der Waals surface area contributed by atoms with E-state index < -0.39 is 0 Å². The van der Waals surface area contributed by atoms with Crippen LogP contribution in [0, 0.1) is 0 Å². The molecule has 5 N–H and O–H groups in total. The smallest absolute Gasteiger partial charge is 0.136 e. The van der Waals surface area contributed by atoms with Gasteiger partial charge < -0.3 is 21.4 Å². The Hall–Kier alpha value is -2.08. The van der Waals surface area contributed by atoms with E-state index in [1.165, 1.54) is 6.33 Å². The zero-order valence-corrected chi connectivity index (χ0v) is 8.77. The van der Waals surface area contributed by atoms with Crippen LogP contribution in [0.4, 0.5) is 17.5 Å². The molecule has 0 bridgehead atoms.